The van der Waals surface area contributed by atoms with Crippen LogP contribution in [-0.4, -0.2) is 152 Å². The van der Waals surface area contributed by atoms with Crippen LogP contribution in [-0.2, 0) is 49.4 Å². The highest BCUT2D eigenvalue weighted by Crippen LogP contribution is 2.44. The average molecular weight is 1010 g/mol. The minimum absolute atomic E-state index is 0.0564. The molecule has 0 spiro atoms. The summed E-state index contributed by atoms with van der Waals surface area (Å²) in [7, 11) is 6.30. The molecule has 16 heteroatoms. The Morgan fingerprint density at radius 1 is 0.753 bits per heavy atom. The van der Waals surface area contributed by atoms with Crippen molar-refractivity contribution >= 4 is 35.6 Å². The zero-order chi connectivity index (χ0) is 53.1. The molecule has 1 aliphatic carbocycles. The average Bonchev–Trinajstić information content (AvgIpc) is 4.17. The summed E-state index contributed by atoms with van der Waals surface area (Å²) in [6, 6.07) is 21.9. The molecule has 0 saturated carbocycles. The van der Waals surface area contributed by atoms with Crippen molar-refractivity contribution in [2.24, 2.45) is 23.7 Å². The van der Waals surface area contributed by atoms with Gasteiger partial charge in [-0.2, -0.15) is 0 Å². The third-order valence-corrected chi connectivity index (χ3v) is 15.3. The first kappa shape index (κ1) is 56.5. The quantitative estimate of drug-likeness (QED) is 0.102. The molecule has 3 aromatic carbocycles. The van der Waals surface area contributed by atoms with Gasteiger partial charge in [-0.1, -0.05) is 134 Å². The molecule has 2 heterocycles. The highest BCUT2D eigenvalue weighted by Gasteiger charge is 2.44. The molecule has 0 radical (unpaired) electrons. The van der Waals surface area contributed by atoms with Crippen molar-refractivity contribution in [3.05, 3.63) is 95.6 Å². The number of hydrogen-bond donors (Lipinski definition) is 2. The Kier molecular flexibility index (Phi) is 20.0. The van der Waals surface area contributed by atoms with E-state index in [1.54, 1.807) is 30.8 Å². The Labute approximate surface area is 432 Å². The van der Waals surface area contributed by atoms with E-state index in [9.17, 15) is 28.8 Å². The lowest BCUT2D eigenvalue weighted by Crippen LogP contribution is -2.60. The molecule has 6 rings (SSSR count). The summed E-state index contributed by atoms with van der Waals surface area (Å²) in [6.07, 6.45) is 0.825. The lowest BCUT2D eigenvalue weighted by Gasteiger charge is -2.41. The molecule has 73 heavy (non-hydrogen) atoms. The maximum Gasteiger partial charge on any atom is 0.410 e. The molecule has 0 aromatic heterocycles. The third kappa shape index (κ3) is 13.1. The molecule has 0 bridgehead atoms. The van der Waals surface area contributed by atoms with Crippen molar-refractivity contribution in [3.63, 3.8) is 0 Å². The van der Waals surface area contributed by atoms with Crippen LogP contribution in [0.2, 0.25) is 0 Å². The molecule has 16 nitrogen and oxygen atoms in total. The van der Waals surface area contributed by atoms with Crippen LogP contribution < -0.4 is 10.6 Å². The van der Waals surface area contributed by atoms with Gasteiger partial charge in [0.05, 0.1) is 49.8 Å². The number of carbonyl (C=O) groups is 6. The number of fused-ring (bicyclic) bond motifs is 3. The molecule has 3 aromatic rings. The molecule has 0 unspecified atom stereocenters. The van der Waals surface area contributed by atoms with E-state index in [-0.39, 0.29) is 66.7 Å². The summed E-state index contributed by atoms with van der Waals surface area (Å²) >= 11 is 0. The van der Waals surface area contributed by atoms with E-state index in [1.807, 2.05) is 108 Å². The third-order valence-electron chi connectivity index (χ3n) is 15.3. The van der Waals surface area contributed by atoms with Crippen LogP contribution in [0.5, 0.6) is 0 Å². The second-order valence-electron chi connectivity index (χ2n) is 20.8. The van der Waals surface area contributed by atoms with Gasteiger partial charge in [-0.05, 0) is 64.8 Å². The standard InChI is InChI=1S/C57H80N6O10/c1-12-37(6)51(47(70-10)33-48(64)62-29-20-28-46(62)52(71-11)38(7)53(65)58-45(32-39-22-14-13-15-23-39)55(67)63-30-21-31-73-63)60(8)56(68)49(35(2)3)59-54(66)50(36(4)5)61(9)57(69)72-34-44-42-26-18-16-24-40(42)41-25-17-19-27-43(41)44/h13-19,22-27,35-38,44-47,49-52H,12,20-21,28-34H2,1-11H3,(H,58,65)(H,59,66)/t37-,38+,45-,46-,47+,49-,50-,51-,52+/m0/s1. The fraction of sp³-hybridized carbons (Fsp3) is 0.579. The maximum atomic E-state index is 14.8. The molecule has 2 fully saturated rings. The predicted octanol–water partition coefficient (Wildman–Crippen LogP) is 6.84. The van der Waals surface area contributed by atoms with Gasteiger partial charge >= 0.3 is 6.09 Å². The van der Waals surface area contributed by atoms with E-state index < -0.39 is 60.3 Å². The molecule has 2 saturated heterocycles. The van der Waals surface area contributed by atoms with E-state index in [4.69, 9.17) is 19.0 Å². The Morgan fingerprint density at radius 3 is 1.95 bits per heavy atom. The van der Waals surface area contributed by atoms with Crippen LogP contribution in [0.4, 0.5) is 4.79 Å². The number of hydrogen-bond acceptors (Lipinski definition) is 10. The summed E-state index contributed by atoms with van der Waals surface area (Å²) in [5.74, 6) is -3.43. The Balaban J connectivity index is 1.11. The Bertz CT molecular complexity index is 2310. The summed E-state index contributed by atoms with van der Waals surface area (Å²) in [6.45, 7) is 14.6. The number of methoxy groups -OCH3 is 2. The first-order valence-electron chi connectivity index (χ1n) is 26.2. The van der Waals surface area contributed by atoms with Crippen molar-refractivity contribution < 1.29 is 47.8 Å². The number of ether oxygens (including phenoxy) is 3. The first-order chi connectivity index (χ1) is 34.9. The number of amides is 6. The van der Waals surface area contributed by atoms with Gasteiger partial charge in [-0.25, -0.2) is 9.86 Å². The number of nitrogens with zero attached hydrogens (tertiary/aromatic N) is 4. The van der Waals surface area contributed by atoms with E-state index in [1.165, 1.54) is 24.2 Å². The largest absolute Gasteiger partial charge is 0.448 e. The predicted molar refractivity (Wildman–Crippen MR) is 279 cm³/mol. The van der Waals surface area contributed by atoms with E-state index in [0.717, 1.165) is 27.8 Å². The molecule has 3 aliphatic rings. The second-order valence-corrected chi connectivity index (χ2v) is 20.8. The van der Waals surface area contributed by atoms with Crippen LogP contribution in [0.1, 0.15) is 103 Å². The number of hydroxylamine groups is 2. The van der Waals surface area contributed by atoms with Gasteiger partial charge < -0.3 is 34.6 Å². The molecular weight excluding hydrogens is 929 g/mol. The molecular formula is C57H80N6O10. The van der Waals surface area contributed by atoms with E-state index in [2.05, 4.69) is 22.8 Å². The zero-order valence-electron chi connectivity index (χ0n) is 44.9. The summed E-state index contributed by atoms with van der Waals surface area (Å²) < 4.78 is 18.1. The van der Waals surface area contributed by atoms with Crippen molar-refractivity contribution in [2.75, 3.05) is 54.6 Å². The number of rotatable bonds is 23. The first-order valence-corrected chi connectivity index (χ1v) is 26.2. The van der Waals surface area contributed by atoms with Gasteiger partial charge in [-0.15, -0.1) is 0 Å². The van der Waals surface area contributed by atoms with Crippen molar-refractivity contribution in [1.29, 1.82) is 0 Å². The zero-order valence-corrected chi connectivity index (χ0v) is 44.9. The number of carbonyl (C=O) groups excluding carboxylic acids is 6. The van der Waals surface area contributed by atoms with Crippen LogP contribution in [0.3, 0.4) is 0 Å². The smallest absolute Gasteiger partial charge is 0.410 e. The highest BCUT2D eigenvalue weighted by atomic mass is 16.7. The minimum Gasteiger partial charge on any atom is -0.448 e. The summed E-state index contributed by atoms with van der Waals surface area (Å²) in [4.78, 5) is 95.5. The fourth-order valence-corrected chi connectivity index (χ4v) is 11.2. The fourth-order valence-electron chi connectivity index (χ4n) is 11.2. The van der Waals surface area contributed by atoms with E-state index in [0.29, 0.717) is 45.4 Å². The second kappa shape index (κ2) is 25.9. The van der Waals surface area contributed by atoms with Crippen molar-refractivity contribution in [3.8, 4) is 11.1 Å². The number of nitrogens with one attached hydrogen (secondary N) is 2. The van der Waals surface area contributed by atoms with Crippen LogP contribution >= 0.6 is 0 Å². The molecule has 398 valence electrons. The maximum absolute atomic E-state index is 14.8. The number of likely N-dealkylation sites (N-methyl/N-ethyl adjacent to an activating group) is 2. The monoisotopic (exact) mass is 1010 g/mol. The van der Waals surface area contributed by atoms with Crippen molar-refractivity contribution in [1.82, 2.24) is 30.4 Å². The molecule has 2 aliphatic heterocycles. The lowest BCUT2D eigenvalue weighted by molar-refractivity contribution is -0.172. The highest BCUT2D eigenvalue weighted by molar-refractivity contribution is 5.92. The molecule has 2 N–H and O–H groups in total. The van der Waals surface area contributed by atoms with Gasteiger partial charge in [-0.3, -0.25) is 33.7 Å². The van der Waals surface area contributed by atoms with Gasteiger partial charge in [0.15, 0.2) is 0 Å². The molecule has 6 amide bonds. The van der Waals surface area contributed by atoms with Gasteiger partial charge in [0.25, 0.3) is 5.91 Å². The number of likely N-dealkylation sites (tertiary alicyclic amines) is 1. The Morgan fingerprint density at radius 2 is 1.38 bits per heavy atom. The normalized spacial score (nSPS) is 18.7. The number of benzene rings is 3. The van der Waals surface area contributed by atoms with E-state index >= 15 is 0 Å². The summed E-state index contributed by atoms with van der Waals surface area (Å²) in [5, 5.41) is 7.33. The van der Waals surface area contributed by atoms with Crippen LogP contribution in [0.15, 0.2) is 78.9 Å². The van der Waals surface area contributed by atoms with Crippen LogP contribution in [0, 0.1) is 23.7 Å². The van der Waals surface area contributed by atoms with Gasteiger partial charge in [0.2, 0.25) is 23.6 Å². The minimum atomic E-state index is -0.974. The topological polar surface area (TPSA) is 176 Å². The lowest BCUT2D eigenvalue weighted by atomic mass is 9.89. The van der Waals surface area contributed by atoms with Gasteiger partial charge in [0.1, 0.15) is 24.7 Å². The van der Waals surface area contributed by atoms with Gasteiger partial charge in [0, 0.05) is 47.2 Å². The van der Waals surface area contributed by atoms with Crippen molar-refractivity contribution in [2.45, 2.75) is 135 Å². The SMILES string of the molecule is CC[C@H](C)[C@@H]([C@@H](CC(=O)N1CCC[C@H]1[C@H](OC)[C@@H](C)C(=O)N[C@@H](Cc1ccccc1)C(=O)N1CCCO1)OC)N(C)C(=O)[C@@H](NC(=O)[C@H](C(C)C)N(C)C(=O)OCC1c2ccccc2-c2ccccc21)C(C)C. The molecule has 9 atom stereocenters. The van der Waals surface area contributed by atoms with Crippen LogP contribution in [0.25, 0.3) is 11.1 Å². The summed E-state index contributed by atoms with van der Waals surface area (Å²) in [5.41, 5.74) is 5.27. The Hall–Kier alpha value is -5.84.